The molecule has 1 saturated heterocycles. The van der Waals surface area contributed by atoms with Crippen molar-refractivity contribution in [2.45, 2.75) is 26.2 Å². The van der Waals surface area contributed by atoms with Crippen molar-refractivity contribution in [2.75, 3.05) is 26.8 Å². The Morgan fingerprint density at radius 3 is 2.62 bits per heavy atom. The van der Waals surface area contributed by atoms with Gasteiger partial charge < -0.3 is 19.2 Å². The number of methoxy groups -OCH3 is 1. The Labute approximate surface area is 189 Å². The first-order valence-electron chi connectivity index (χ1n) is 11.2. The van der Waals surface area contributed by atoms with Crippen molar-refractivity contribution < 1.29 is 18.7 Å². The van der Waals surface area contributed by atoms with E-state index in [1.807, 2.05) is 49.4 Å². The third kappa shape index (κ3) is 5.37. The van der Waals surface area contributed by atoms with Gasteiger partial charge in [-0.15, -0.1) is 0 Å². The fraction of sp³-hybridized carbons (Fsp3) is 0.385. The molecule has 6 nitrogen and oxygen atoms in total. The number of oxazole rings is 1. The molecule has 4 rings (SSSR count). The predicted octanol–water partition coefficient (Wildman–Crippen LogP) is 4.21. The van der Waals surface area contributed by atoms with E-state index in [9.17, 15) is 4.79 Å². The van der Waals surface area contributed by atoms with E-state index < -0.39 is 0 Å². The summed E-state index contributed by atoms with van der Waals surface area (Å²) in [6, 6.07) is 18.1. The summed E-state index contributed by atoms with van der Waals surface area (Å²) in [6.45, 7) is 4.06. The molecule has 0 bridgehead atoms. The van der Waals surface area contributed by atoms with Crippen molar-refractivity contribution in [2.24, 2.45) is 11.8 Å². The highest BCUT2D eigenvalue weighted by atomic mass is 16.5. The van der Waals surface area contributed by atoms with Crippen LogP contribution in [-0.4, -0.2) is 37.8 Å². The zero-order valence-corrected chi connectivity index (χ0v) is 18.7. The number of rotatable bonds is 9. The van der Waals surface area contributed by atoms with Gasteiger partial charge in [-0.2, -0.15) is 0 Å². The minimum absolute atomic E-state index is 0.0370. The number of benzene rings is 2. The van der Waals surface area contributed by atoms with Gasteiger partial charge in [0.1, 0.15) is 11.5 Å². The summed E-state index contributed by atoms with van der Waals surface area (Å²) in [4.78, 5) is 16.5. The summed E-state index contributed by atoms with van der Waals surface area (Å²) in [6.07, 6.45) is 2.58. The number of esters is 1. The fourth-order valence-corrected chi connectivity index (χ4v) is 4.20. The van der Waals surface area contributed by atoms with Crippen LogP contribution in [0, 0.1) is 18.8 Å². The highest BCUT2D eigenvalue weighted by Crippen LogP contribution is 2.25. The Hall–Kier alpha value is -3.12. The van der Waals surface area contributed by atoms with Crippen LogP contribution in [0.25, 0.3) is 11.5 Å². The number of nitrogens with one attached hydrogen (secondary N) is 1. The maximum Gasteiger partial charge on any atom is 0.310 e. The van der Waals surface area contributed by atoms with E-state index in [0.717, 1.165) is 42.2 Å². The predicted molar refractivity (Wildman–Crippen MR) is 123 cm³/mol. The molecule has 1 N–H and O–H groups in total. The summed E-state index contributed by atoms with van der Waals surface area (Å²) in [5.41, 5.74) is 3.14. The first-order valence-corrected chi connectivity index (χ1v) is 11.2. The van der Waals surface area contributed by atoms with E-state index in [0.29, 0.717) is 31.4 Å². The molecule has 0 unspecified atom stereocenters. The van der Waals surface area contributed by atoms with Crippen LogP contribution >= 0.6 is 0 Å². The lowest BCUT2D eigenvalue weighted by Crippen LogP contribution is -2.24. The molecule has 0 spiro atoms. The average Bonchev–Trinajstić information content (AvgIpc) is 3.45. The number of ether oxygens (including phenoxy) is 2. The molecule has 1 aliphatic rings. The number of hydrogen-bond acceptors (Lipinski definition) is 6. The van der Waals surface area contributed by atoms with Gasteiger partial charge in [-0.3, -0.25) is 4.79 Å². The van der Waals surface area contributed by atoms with Crippen molar-refractivity contribution in [3.63, 3.8) is 0 Å². The minimum Gasteiger partial charge on any atom is -0.493 e. The number of nitrogens with zero attached hydrogens (tertiary/aromatic N) is 1. The average molecular weight is 435 g/mol. The van der Waals surface area contributed by atoms with Crippen molar-refractivity contribution in [1.29, 1.82) is 0 Å². The van der Waals surface area contributed by atoms with E-state index in [-0.39, 0.29) is 11.9 Å². The topological polar surface area (TPSA) is 73.6 Å². The molecule has 1 aromatic heterocycles. The number of carbonyl (C=O) groups excluding carboxylic acids is 1. The fourth-order valence-electron chi connectivity index (χ4n) is 4.20. The number of aromatic nitrogens is 1. The Kier molecular flexibility index (Phi) is 7.22. The highest BCUT2D eigenvalue weighted by molar-refractivity contribution is 5.73. The van der Waals surface area contributed by atoms with Crippen molar-refractivity contribution in [3.05, 3.63) is 71.6 Å². The second-order valence-corrected chi connectivity index (χ2v) is 8.22. The number of carbonyl (C=O) groups is 1. The van der Waals surface area contributed by atoms with Crippen molar-refractivity contribution >= 4 is 5.97 Å². The summed E-state index contributed by atoms with van der Waals surface area (Å²) >= 11 is 0. The van der Waals surface area contributed by atoms with E-state index >= 15 is 0 Å². The molecule has 0 saturated carbocycles. The summed E-state index contributed by atoms with van der Waals surface area (Å²) in [5.74, 6) is 2.49. The zero-order chi connectivity index (χ0) is 22.3. The molecule has 2 heterocycles. The summed E-state index contributed by atoms with van der Waals surface area (Å²) in [5, 5.41) is 3.30. The highest BCUT2D eigenvalue weighted by Gasteiger charge is 2.33. The molecule has 2 atom stereocenters. The molecule has 0 radical (unpaired) electrons. The molecule has 3 aromatic rings. The molecule has 6 heteroatoms. The monoisotopic (exact) mass is 434 g/mol. The smallest absolute Gasteiger partial charge is 0.310 e. The molecule has 32 heavy (non-hydrogen) atoms. The minimum atomic E-state index is -0.109. The van der Waals surface area contributed by atoms with Gasteiger partial charge >= 0.3 is 5.97 Å². The third-order valence-corrected chi connectivity index (χ3v) is 6.09. The van der Waals surface area contributed by atoms with E-state index in [1.165, 1.54) is 12.7 Å². The number of aryl methyl sites for hydroxylation is 2. The van der Waals surface area contributed by atoms with Gasteiger partial charge in [0.25, 0.3) is 0 Å². The second kappa shape index (κ2) is 10.5. The summed E-state index contributed by atoms with van der Waals surface area (Å²) in [7, 11) is 1.46. The van der Waals surface area contributed by atoms with Gasteiger partial charge in [0, 0.05) is 18.5 Å². The standard InChI is InChI=1S/C26H30N2O4/c1-18-24(28-25(32-18)20-6-4-3-5-7-20)14-15-31-22-12-9-19(10-13-22)8-11-21-16-27-17-23(21)26(29)30-2/h3-7,9-10,12-13,21,23,27H,8,11,14-17H2,1-2H3/t21-,23+/m1/s1. The SMILES string of the molecule is COC(=O)[C@H]1CNC[C@H]1CCc1ccc(OCCc2nc(-c3ccccc3)oc2C)cc1. The van der Waals surface area contributed by atoms with E-state index in [4.69, 9.17) is 13.9 Å². The first kappa shape index (κ1) is 22.1. The van der Waals surface area contributed by atoms with Crippen LogP contribution in [0.5, 0.6) is 5.75 Å². The van der Waals surface area contributed by atoms with Crippen LogP contribution in [0.15, 0.2) is 59.0 Å². The molecule has 2 aromatic carbocycles. The molecular weight excluding hydrogens is 404 g/mol. The van der Waals surface area contributed by atoms with Gasteiger partial charge in [0.05, 0.1) is 25.3 Å². The lowest BCUT2D eigenvalue weighted by atomic mass is 9.90. The van der Waals surface area contributed by atoms with Crippen LogP contribution in [0.3, 0.4) is 0 Å². The van der Waals surface area contributed by atoms with Gasteiger partial charge in [-0.25, -0.2) is 4.98 Å². The van der Waals surface area contributed by atoms with Crippen LogP contribution in [0.1, 0.15) is 23.4 Å². The maximum absolute atomic E-state index is 11.9. The van der Waals surface area contributed by atoms with Gasteiger partial charge in [-0.1, -0.05) is 30.3 Å². The van der Waals surface area contributed by atoms with Crippen LogP contribution < -0.4 is 10.1 Å². The van der Waals surface area contributed by atoms with Gasteiger partial charge in [0.2, 0.25) is 5.89 Å². The molecule has 1 aliphatic heterocycles. The normalized spacial score (nSPS) is 17.9. The lowest BCUT2D eigenvalue weighted by molar-refractivity contribution is -0.146. The van der Waals surface area contributed by atoms with E-state index in [1.54, 1.807) is 0 Å². The van der Waals surface area contributed by atoms with Crippen LogP contribution in [0.2, 0.25) is 0 Å². The zero-order valence-electron chi connectivity index (χ0n) is 18.7. The molecule has 0 aliphatic carbocycles. The Balaban J connectivity index is 1.25. The largest absolute Gasteiger partial charge is 0.493 e. The first-order chi connectivity index (χ1) is 15.6. The second-order valence-electron chi connectivity index (χ2n) is 8.22. The van der Waals surface area contributed by atoms with Crippen LogP contribution in [0.4, 0.5) is 0 Å². The van der Waals surface area contributed by atoms with Gasteiger partial charge in [0.15, 0.2) is 0 Å². The summed E-state index contributed by atoms with van der Waals surface area (Å²) < 4.78 is 16.7. The number of hydrogen-bond donors (Lipinski definition) is 1. The molecule has 0 amide bonds. The van der Waals surface area contributed by atoms with Crippen LogP contribution in [-0.2, 0) is 22.4 Å². The Morgan fingerprint density at radius 1 is 1.09 bits per heavy atom. The maximum atomic E-state index is 11.9. The Bertz CT molecular complexity index is 1010. The van der Waals surface area contributed by atoms with Gasteiger partial charge in [-0.05, 0) is 62.1 Å². The van der Waals surface area contributed by atoms with Crippen molar-refractivity contribution in [3.8, 4) is 17.2 Å². The molecule has 1 fully saturated rings. The molecular formula is C26H30N2O4. The van der Waals surface area contributed by atoms with E-state index in [2.05, 4.69) is 22.4 Å². The quantitative estimate of drug-likeness (QED) is 0.509. The lowest BCUT2D eigenvalue weighted by Gasteiger charge is -2.16. The Morgan fingerprint density at radius 2 is 1.88 bits per heavy atom. The third-order valence-electron chi connectivity index (χ3n) is 6.09. The van der Waals surface area contributed by atoms with Crippen molar-refractivity contribution in [1.82, 2.24) is 10.3 Å². The molecule has 168 valence electrons.